The van der Waals surface area contributed by atoms with Gasteiger partial charge in [-0.2, -0.15) is 4.31 Å². The number of amides is 1. The number of hydrogen-bond donors (Lipinski definition) is 1. The molecule has 0 spiro atoms. The van der Waals surface area contributed by atoms with Crippen molar-refractivity contribution < 1.29 is 22.7 Å². The minimum absolute atomic E-state index is 0.0427. The molecule has 7 nitrogen and oxygen atoms in total. The number of methoxy groups -OCH3 is 1. The smallest absolute Gasteiger partial charge is 0.243 e. The van der Waals surface area contributed by atoms with E-state index in [1.165, 1.54) is 4.31 Å². The van der Waals surface area contributed by atoms with Gasteiger partial charge in [-0.05, 0) is 63.9 Å². The Balaban J connectivity index is 1.43. The Kier molecular flexibility index (Phi) is 6.42. The van der Waals surface area contributed by atoms with Gasteiger partial charge in [-0.1, -0.05) is 17.7 Å². The zero-order chi connectivity index (χ0) is 23.8. The van der Waals surface area contributed by atoms with Gasteiger partial charge in [0.15, 0.2) is 0 Å². The van der Waals surface area contributed by atoms with Gasteiger partial charge < -0.3 is 14.8 Å². The zero-order valence-corrected chi connectivity index (χ0v) is 20.4. The Bertz CT molecular complexity index is 1120. The van der Waals surface area contributed by atoms with Crippen molar-refractivity contribution in [3.8, 4) is 11.5 Å². The summed E-state index contributed by atoms with van der Waals surface area (Å²) < 4.78 is 38.9. The first-order chi connectivity index (χ1) is 15.6. The molecule has 8 heteroatoms. The molecule has 1 saturated heterocycles. The largest absolute Gasteiger partial charge is 0.497 e. The van der Waals surface area contributed by atoms with Crippen molar-refractivity contribution in [1.29, 1.82) is 0 Å². The van der Waals surface area contributed by atoms with Crippen molar-refractivity contribution in [3.05, 3.63) is 53.6 Å². The third-order valence-corrected chi connectivity index (χ3v) is 8.39. The number of ether oxygens (including phenoxy) is 2. The predicted molar refractivity (Wildman–Crippen MR) is 126 cm³/mol. The SMILES string of the molecule is COc1ccc2c(c1)C(NC(=O)C1CCN(S(=O)(=O)c3ccc(C)cc3)CC1)CC(C)(C)O2. The van der Waals surface area contributed by atoms with E-state index in [0.717, 1.165) is 16.9 Å². The maximum Gasteiger partial charge on any atom is 0.243 e. The number of sulfonamides is 1. The van der Waals surface area contributed by atoms with Crippen LogP contribution in [-0.4, -0.2) is 44.4 Å². The van der Waals surface area contributed by atoms with E-state index in [1.807, 2.05) is 39.0 Å². The van der Waals surface area contributed by atoms with Gasteiger partial charge in [-0.25, -0.2) is 8.42 Å². The van der Waals surface area contributed by atoms with E-state index in [0.29, 0.717) is 43.0 Å². The Labute approximate surface area is 196 Å². The monoisotopic (exact) mass is 472 g/mol. The minimum atomic E-state index is -3.55. The van der Waals surface area contributed by atoms with Crippen LogP contribution in [0.2, 0.25) is 0 Å². The first-order valence-electron chi connectivity index (χ1n) is 11.3. The molecule has 2 aromatic carbocycles. The van der Waals surface area contributed by atoms with E-state index >= 15 is 0 Å². The third-order valence-electron chi connectivity index (χ3n) is 6.47. The van der Waals surface area contributed by atoms with Crippen LogP contribution in [-0.2, 0) is 14.8 Å². The summed E-state index contributed by atoms with van der Waals surface area (Å²) >= 11 is 0. The van der Waals surface area contributed by atoms with Crippen LogP contribution in [0.4, 0.5) is 0 Å². The van der Waals surface area contributed by atoms with Crippen molar-refractivity contribution >= 4 is 15.9 Å². The Hall–Kier alpha value is -2.58. The second kappa shape index (κ2) is 8.99. The number of carbonyl (C=O) groups excluding carboxylic acids is 1. The van der Waals surface area contributed by atoms with Gasteiger partial charge in [-0.3, -0.25) is 4.79 Å². The van der Waals surface area contributed by atoms with E-state index in [4.69, 9.17) is 9.47 Å². The summed E-state index contributed by atoms with van der Waals surface area (Å²) in [5.74, 6) is 1.19. The van der Waals surface area contributed by atoms with Crippen molar-refractivity contribution in [3.63, 3.8) is 0 Å². The van der Waals surface area contributed by atoms with Crippen molar-refractivity contribution in [2.75, 3.05) is 20.2 Å². The number of carbonyl (C=O) groups is 1. The van der Waals surface area contributed by atoms with Crippen LogP contribution in [0.5, 0.6) is 11.5 Å². The summed E-state index contributed by atoms with van der Waals surface area (Å²) in [5.41, 5.74) is 1.51. The van der Waals surface area contributed by atoms with Crippen LogP contribution in [0, 0.1) is 12.8 Å². The van der Waals surface area contributed by atoms with E-state index < -0.39 is 15.6 Å². The molecule has 0 saturated carbocycles. The summed E-state index contributed by atoms with van der Waals surface area (Å²) in [6, 6.07) is 12.3. The number of piperidine rings is 1. The summed E-state index contributed by atoms with van der Waals surface area (Å²) in [6.07, 6.45) is 1.63. The number of benzene rings is 2. The third kappa shape index (κ3) is 5.01. The lowest BCUT2D eigenvalue weighted by atomic mass is 9.88. The number of fused-ring (bicyclic) bond motifs is 1. The topological polar surface area (TPSA) is 84.9 Å². The second-order valence-electron chi connectivity index (χ2n) is 9.52. The molecule has 2 aliphatic heterocycles. The molecule has 2 aromatic rings. The summed E-state index contributed by atoms with van der Waals surface area (Å²) in [4.78, 5) is 13.5. The highest BCUT2D eigenvalue weighted by Gasteiger charge is 2.37. The second-order valence-corrected chi connectivity index (χ2v) is 11.5. The Morgan fingerprint density at radius 2 is 1.79 bits per heavy atom. The van der Waals surface area contributed by atoms with Crippen LogP contribution < -0.4 is 14.8 Å². The molecule has 33 heavy (non-hydrogen) atoms. The molecular formula is C25H32N2O5S. The lowest BCUT2D eigenvalue weighted by Gasteiger charge is -2.39. The van der Waals surface area contributed by atoms with Gasteiger partial charge in [0.05, 0.1) is 18.0 Å². The van der Waals surface area contributed by atoms with Crippen LogP contribution >= 0.6 is 0 Å². The predicted octanol–water partition coefficient (Wildman–Crippen LogP) is 3.82. The quantitative estimate of drug-likeness (QED) is 0.715. The zero-order valence-electron chi connectivity index (χ0n) is 19.6. The molecule has 1 amide bonds. The molecule has 0 aromatic heterocycles. The normalized spacial score (nSPS) is 21.0. The van der Waals surface area contributed by atoms with Gasteiger partial charge in [0.25, 0.3) is 0 Å². The van der Waals surface area contributed by atoms with Crippen LogP contribution in [0.1, 0.15) is 50.3 Å². The Morgan fingerprint density at radius 1 is 1.12 bits per heavy atom. The van der Waals surface area contributed by atoms with E-state index in [2.05, 4.69) is 5.32 Å². The first kappa shape index (κ1) is 23.6. The molecule has 4 rings (SSSR count). The summed E-state index contributed by atoms with van der Waals surface area (Å²) in [6.45, 7) is 6.60. The lowest BCUT2D eigenvalue weighted by molar-refractivity contribution is -0.127. The molecule has 178 valence electrons. The molecule has 1 atom stereocenters. The van der Waals surface area contributed by atoms with Gasteiger partial charge in [-0.15, -0.1) is 0 Å². The molecule has 0 radical (unpaired) electrons. The van der Waals surface area contributed by atoms with E-state index in [-0.39, 0.29) is 17.9 Å². The highest BCUT2D eigenvalue weighted by molar-refractivity contribution is 7.89. The standard InChI is InChI=1S/C25H32N2O5S/c1-17-5-8-20(9-6-17)33(29,30)27-13-11-18(12-14-27)24(28)26-22-16-25(2,3)32-23-10-7-19(31-4)15-21(22)23/h5-10,15,18,22H,11-14,16H2,1-4H3,(H,26,28). The molecule has 2 heterocycles. The van der Waals surface area contributed by atoms with Crippen molar-refractivity contribution in [2.45, 2.75) is 56.6 Å². The highest BCUT2D eigenvalue weighted by Crippen LogP contribution is 2.41. The van der Waals surface area contributed by atoms with E-state index in [1.54, 1.807) is 31.4 Å². The average Bonchev–Trinajstić information content (AvgIpc) is 2.78. The van der Waals surface area contributed by atoms with Gasteiger partial charge >= 0.3 is 0 Å². The molecule has 0 bridgehead atoms. The maximum atomic E-state index is 13.2. The highest BCUT2D eigenvalue weighted by atomic mass is 32.2. The fraction of sp³-hybridized carbons (Fsp3) is 0.480. The fourth-order valence-electron chi connectivity index (χ4n) is 4.60. The minimum Gasteiger partial charge on any atom is -0.497 e. The number of nitrogens with one attached hydrogen (secondary N) is 1. The van der Waals surface area contributed by atoms with Gasteiger partial charge in [0.1, 0.15) is 17.1 Å². The summed E-state index contributed by atoms with van der Waals surface area (Å²) in [5, 5.41) is 3.20. The van der Waals surface area contributed by atoms with Crippen LogP contribution in [0.3, 0.4) is 0 Å². The number of nitrogens with zero attached hydrogens (tertiary/aromatic N) is 1. The van der Waals surface area contributed by atoms with Crippen LogP contribution in [0.15, 0.2) is 47.4 Å². The molecule has 1 N–H and O–H groups in total. The lowest BCUT2D eigenvalue weighted by Crippen LogP contribution is -2.46. The maximum absolute atomic E-state index is 13.2. The Morgan fingerprint density at radius 3 is 2.42 bits per heavy atom. The van der Waals surface area contributed by atoms with Crippen molar-refractivity contribution in [2.24, 2.45) is 5.92 Å². The fourth-order valence-corrected chi connectivity index (χ4v) is 6.07. The molecule has 1 fully saturated rings. The van der Waals surface area contributed by atoms with Crippen molar-refractivity contribution in [1.82, 2.24) is 9.62 Å². The number of rotatable bonds is 5. The average molecular weight is 473 g/mol. The molecule has 0 aliphatic carbocycles. The molecule has 2 aliphatic rings. The summed E-state index contributed by atoms with van der Waals surface area (Å²) in [7, 11) is -1.93. The number of aryl methyl sites for hydroxylation is 1. The molecule has 1 unspecified atom stereocenters. The van der Waals surface area contributed by atoms with Gasteiger partial charge in [0.2, 0.25) is 15.9 Å². The van der Waals surface area contributed by atoms with Gasteiger partial charge in [0, 0.05) is 31.0 Å². The first-order valence-corrected chi connectivity index (χ1v) is 12.8. The van der Waals surface area contributed by atoms with Crippen LogP contribution in [0.25, 0.3) is 0 Å². The number of hydrogen-bond acceptors (Lipinski definition) is 5. The molecular weight excluding hydrogens is 440 g/mol. The van der Waals surface area contributed by atoms with E-state index in [9.17, 15) is 13.2 Å².